The van der Waals surface area contributed by atoms with E-state index in [0.717, 1.165) is 41.1 Å². The quantitative estimate of drug-likeness (QED) is 0.515. The van der Waals surface area contributed by atoms with Gasteiger partial charge in [0.05, 0.1) is 11.4 Å². The van der Waals surface area contributed by atoms with Gasteiger partial charge in [0.1, 0.15) is 6.61 Å². The lowest BCUT2D eigenvalue weighted by Crippen LogP contribution is -2.40. The zero-order valence-corrected chi connectivity index (χ0v) is 16.3. The standard InChI is InChI=1S/C21H22N4O4/c1-13(15-8-9-19-20(10-15)28-12-27-19)22-29-11-17-16(14-6-7-14)4-3-5-18(17)25-21(26)24(2)23-25/h3-5,8-10,14,23H,6-7,11-12H2,1-2H3/b22-13+. The summed E-state index contributed by atoms with van der Waals surface area (Å²) in [6, 6.07) is 11.7. The minimum absolute atomic E-state index is 0.0979. The Morgan fingerprint density at radius 2 is 2.07 bits per heavy atom. The highest BCUT2D eigenvalue weighted by atomic mass is 16.7. The third kappa shape index (κ3) is 3.20. The fourth-order valence-electron chi connectivity index (χ4n) is 3.60. The van der Waals surface area contributed by atoms with Crippen LogP contribution in [0, 0.1) is 0 Å². The molecule has 8 heteroatoms. The van der Waals surface area contributed by atoms with Crippen LogP contribution in [0.15, 0.2) is 46.3 Å². The number of nitrogens with zero attached hydrogens (tertiary/aromatic N) is 3. The molecule has 0 atom stereocenters. The van der Waals surface area contributed by atoms with E-state index < -0.39 is 0 Å². The molecule has 1 fully saturated rings. The number of rotatable bonds is 6. The number of fused-ring (bicyclic) bond motifs is 1. The number of H-pyrrole nitrogens is 1. The van der Waals surface area contributed by atoms with Crippen molar-refractivity contribution in [3.05, 3.63) is 63.6 Å². The van der Waals surface area contributed by atoms with Crippen molar-refractivity contribution in [2.75, 3.05) is 6.79 Å². The molecule has 0 unspecified atom stereocenters. The van der Waals surface area contributed by atoms with Crippen molar-refractivity contribution in [1.29, 1.82) is 0 Å². The first-order valence-electron chi connectivity index (χ1n) is 9.64. The summed E-state index contributed by atoms with van der Waals surface area (Å²) in [5, 5.41) is 7.28. The molecule has 1 aliphatic heterocycles. The molecule has 1 N–H and O–H groups in total. The van der Waals surface area contributed by atoms with E-state index in [2.05, 4.69) is 16.4 Å². The summed E-state index contributed by atoms with van der Waals surface area (Å²) < 4.78 is 13.8. The Morgan fingerprint density at radius 1 is 1.24 bits per heavy atom. The summed E-state index contributed by atoms with van der Waals surface area (Å²) in [7, 11) is 1.69. The summed E-state index contributed by atoms with van der Waals surface area (Å²) in [6.07, 6.45) is 2.33. The molecule has 29 heavy (non-hydrogen) atoms. The first-order valence-corrected chi connectivity index (χ1v) is 9.64. The Hall–Kier alpha value is -3.42. The van der Waals surface area contributed by atoms with E-state index in [0.29, 0.717) is 18.3 Å². The molecule has 1 saturated carbocycles. The van der Waals surface area contributed by atoms with E-state index in [1.807, 2.05) is 37.3 Å². The summed E-state index contributed by atoms with van der Waals surface area (Å²) >= 11 is 0. The Kier molecular flexibility index (Phi) is 4.19. The lowest BCUT2D eigenvalue weighted by atomic mass is 10.0. The molecule has 0 saturated heterocycles. The molecule has 1 aliphatic carbocycles. The molecule has 2 aliphatic rings. The van der Waals surface area contributed by atoms with Crippen molar-refractivity contribution >= 4 is 5.71 Å². The number of hydrogen-bond acceptors (Lipinski definition) is 5. The average Bonchev–Trinajstić information content (AvgIpc) is 3.48. The Bertz CT molecular complexity index is 1150. The maximum Gasteiger partial charge on any atom is 0.364 e. The second kappa shape index (κ2) is 6.88. The number of oxime groups is 1. The summed E-state index contributed by atoms with van der Waals surface area (Å²) in [5.74, 6) is 1.98. The van der Waals surface area contributed by atoms with Gasteiger partial charge < -0.3 is 14.3 Å². The van der Waals surface area contributed by atoms with Crippen molar-refractivity contribution < 1.29 is 14.3 Å². The fraction of sp³-hybridized carbons (Fsp3) is 0.333. The van der Waals surface area contributed by atoms with Crippen LogP contribution < -0.4 is 15.2 Å². The first kappa shape index (κ1) is 17.7. The summed E-state index contributed by atoms with van der Waals surface area (Å²) in [4.78, 5) is 17.9. The number of aromatic amines is 1. The van der Waals surface area contributed by atoms with Crippen LogP contribution in [0.3, 0.4) is 0 Å². The van der Waals surface area contributed by atoms with E-state index in [4.69, 9.17) is 14.3 Å². The van der Waals surface area contributed by atoms with Crippen LogP contribution in [-0.2, 0) is 18.5 Å². The number of ether oxygens (including phenoxy) is 2. The molecule has 0 radical (unpaired) electrons. The highest BCUT2D eigenvalue weighted by molar-refractivity contribution is 5.98. The molecule has 2 aromatic carbocycles. The number of hydrogen-bond donors (Lipinski definition) is 1. The van der Waals surface area contributed by atoms with Gasteiger partial charge in [0.2, 0.25) is 6.79 Å². The van der Waals surface area contributed by atoms with Gasteiger partial charge in [-0.05, 0) is 55.5 Å². The van der Waals surface area contributed by atoms with Gasteiger partial charge in [0, 0.05) is 18.2 Å². The second-order valence-corrected chi connectivity index (χ2v) is 7.41. The molecular formula is C21H22N4O4. The molecule has 5 rings (SSSR count). The normalized spacial score (nSPS) is 15.7. The maximum atomic E-state index is 12.2. The van der Waals surface area contributed by atoms with Gasteiger partial charge in [-0.25, -0.2) is 14.7 Å². The molecule has 0 spiro atoms. The number of aryl methyl sites for hydroxylation is 1. The van der Waals surface area contributed by atoms with Crippen LogP contribution in [0.5, 0.6) is 11.5 Å². The summed E-state index contributed by atoms with van der Waals surface area (Å²) in [5.41, 5.74) is 4.58. The van der Waals surface area contributed by atoms with Gasteiger partial charge in [0.25, 0.3) is 0 Å². The van der Waals surface area contributed by atoms with Crippen molar-refractivity contribution in [2.45, 2.75) is 32.3 Å². The van der Waals surface area contributed by atoms with Crippen LogP contribution >= 0.6 is 0 Å². The van der Waals surface area contributed by atoms with E-state index >= 15 is 0 Å². The Balaban J connectivity index is 1.40. The third-order valence-electron chi connectivity index (χ3n) is 5.37. The molecule has 0 bridgehead atoms. The first-order chi connectivity index (χ1) is 14.1. The average molecular weight is 394 g/mol. The van der Waals surface area contributed by atoms with E-state index in [9.17, 15) is 4.79 Å². The van der Waals surface area contributed by atoms with Crippen molar-refractivity contribution in [3.8, 4) is 17.2 Å². The Labute approximate surface area is 167 Å². The summed E-state index contributed by atoms with van der Waals surface area (Å²) in [6.45, 7) is 2.42. The zero-order chi connectivity index (χ0) is 20.0. The molecule has 150 valence electrons. The van der Waals surface area contributed by atoms with Crippen LogP contribution in [0.25, 0.3) is 5.69 Å². The van der Waals surface area contributed by atoms with E-state index in [1.165, 1.54) is 10.2 Å². The molecule has 2 heterocycles. The van der Waals surface area contributed by atoms with Gasteiger partial charge >= 0.3 is 5.69 Å². The molecular weight excluding hydrogens is 372 g/mol. The van der Waals surface area contributed by atoms with Crippen molar-refractivity contribution in [2.24, 2.45) is 12.2 Å². The topological polar surface area (TPSA) is 82.8 Å². The van der Waals surface area contributed by atoms with Gasteiger partial charge in [-0.3, -0.25) is 0 Å². The SMILES string of the molecule is C/C(=N\OCc1c(C2CC2)cccc1-n1[nH]n(C)c1=O)c1ccc2c(c1)OCO2. The predicted molar refractivity (Wildman–Crippen MR) is 107 cm³/mol. The highest BCUT2D eigenvalue weighted by Gasteiger charge is 2.28. The monoisotopic (exact) mass is 394 g/mol. The van der Waals surface area contributed by atoms with E-state index in [-0.39, 0.29) is 12.5 Å². The van der Waals surface area contributed by atoms with E-state index in [1.54, 1.807) is 11.7 Å². The molecule has 1 aromatic heterocycles. The van der Waals surface area contributed by atoms with Gasteiger partial charge in [-0.1, -0.05) is 17.3 Å². The van der Waals surface area contributed by atoms with Crippen LogP contribution in [0.1, 0.15) is 42.4 Å². The van der Waals surface area contributed by atoms with Crippen LogP contribution in [0.4, 0.5) is 0 Å². The van der Waals surface area contributed by atoms with Gasteiger partial charge in [-0.15, -0.1) is 0 Å². The minimum atomic E-state index is -0.0979. The lowest BCUT2D eigenvalue weighted by Gasteiger charge is -2.19. The highest BCUT2D eigenvalue weighted by Crippen LogP contribution is 2.43. The smallest absolute Gasteiger partial charge is 0.364 e. The third-order valence-corrected chi connectivity index (χ3v) is 5.37. The molecule has 0 amide bonds. The molecule has 3 aromatic rings. The predicted octanol–water partition coefficient (Wildman–Crippen LogP) is 3.05. The largest absolute Gasteiger partial charge is 0.454 e. The lowest BCUT2D eigenvalue weighted by molar-refractivity contribution is 0.129. The minimum Gasteiger partial charge on any atom is -0.454 e. The number of benzene rings is 2. The zero-order valence-electron chi connectivity index (χ0n) is 16.3. The van der Waals surface area contributed by atoms with Crippen LogP contribution in [0.2, 0.25) is 0 Å². The van der Waals surface area contributed by atoms with Gasteiger partial charge in [0.15, 0.2) is 11.5 Å². The Morgan fingerprint density at radius 3 is 2.83 bits per heavy atom. The maximum absolute atomic E-state index is 12.2. The number of aromatic nitrogens is 3. The van der Waals surface area contributed by atoms with Crippen LogP contribution in [-0.4, -0.2) is 27.1 Å². The van der Waals surface area contributed by atoms with Gasteiger partial charge in [-0.2, -0.15) is 4.68 Å². The molecule has 8 nitrogen and oxygen atoms in total. The van der Waals surface area contributed by atoms with Crippen molar-refractivity contribution in [1.82, 2.24) is 14.6 Å². The number of nitrogens with one attached hydrogen (secondary N) is 1. The fourth-order valence-corrected chi connectivity index (χ4v) is 3.60. The van der Waals surface area contributed by atoms with Crippen molar-refractivity contribution in [3.63, 3.8) is 0 Å². The second-order valence-electron chi connectivity index (χ2n) is 7.41.